The minimum absolute atomic E-state index is 0.0588. The molecule has 2 aromatic heterocycles. The lowest BCUT2D eigenvalue weighted by Crippen LogP contribution is -2.24. The number of aromatic nitrogens is 4. The number of nitrogens with zero attached hydrogens (tertiary/aromatic N) is 3. The Morgan fingerprint density at radius 2 is 2.00 bits per heavy atom. The van der Waals surface area contributed by atoms with Gasteiger partial charge in [-0.2, -0.15) is 0 Å². The summed E-state index contributed by atoms with van der Waals surface area (Å²) in [5.41, 5.74) is 1.66. The van der Waals surface area contributed by atoms with Crippen molar-refractivity contribution in [2.45, 2.75) is 32.2 Å². The molecule has 3 heterocycles. The molecule has 0 bridgehead atoms. The molecule has 0 aliphatic carbocycles. The molecular formula is C16H15ClN4O. The van der Waals surface area contributed by atoms with Crippen LogP contribution in [0.3, 0.4) is 0 Å². The fraction of sp³-hybridized carbons (Fsp3) is 0.312. The van der Waals surface area contributed by atoms with E-state index in [0.717, 1.165) is 43.6 Å². The fourth-order valence-corrected chi connectivity index (χ4v) is 3.19. The number of hydrogen-bond donors (Lipinski definition) is 1. The van der Waals surface area contributed by atoms with Gasteiger partial charge in [0.15, 0.2) is 11.2 Å². The summed E-state index contributed by atoms with van der Waals surface area (Å²) in [4.78, 5) is 24.9. The van der Waals surface area contributed by atoms with Crippen molar-refractivity contribution in [1.82, 2.24) is 19.5 Å². The van der Waals surface area contributed by atoms with Crippen LogP contribution < -0.4 is 5.56 Å². The SMILES string of the molecule is O=c1c2nc(-c3ccccc3Cl)[nH]c2nc2n1CCCCC2. The Morgan fingerprint density at radius 3 is 2.86 bits per heavy atom. The van der Waals surface area contributed by atoms with Gasteiger partial charge in [0.25, 0.3) is 5.56 Å². The highest BCUT2D eigenvalue weighted by Crippen LogP contribution is 2.26. The molecule has 3 aromatic rings. The van der Waals surface area contributed by atoms with Crippen LogP contribution in [-0.2, 0) is 13.0 Å². The Hall–Kier alpha value is -2.14. The van der Waals surface area contributed by atoms with Crippen molar-refractivity contribution in [2.75, 3.05) is 0 Å². The quantitative estimate of drug-likeness (QED) is 0.750. The van der Waals surface area contributed by atoms with Gasteiger partial charge in [-0.05, 0) is 25.0 Å². The van der Waals surface area contributed by atoms with Crippen LogP contribution in [0.15, 0.2) is 29.1 Å². The van der Waals surface area contributed by atoms with Crippen molar-refractivity contribution in [1.29, 1.82) is 0 Å². The van der Waals surface area contributed by atoms with Gasteiger partial charge in [0, 0.05) is 18.5 Å². The van der Waals surface area contributed by atoms with Gasteiger partial charge >= 0.3 is 0 Å². The van der Waals surface area contributed by atoms with E-state index in [4.69, 9.17) is 11.6 Å². The Kier molecular flexibility index (Phi) is 3.22. The monoisotopic (exact) mass is 314 g/mol. The number of H-pyrrole nitrogens is 1. The molecule has 4 rings (SSSR count). The van der Waals surface area contributed by atoms with Crippen molar-refractivity contribution in [3.63, 3.8) is 0 Å². The van der Waals surface area contributed by atoms with Crippen molar-refractivity contribution < 1.29 is 0 Å². The van der Waals surface area contributed by atoms with Crippen LogP contribution in [0.25, 0.3) is 22.6 Å². The molecule has 0 saturated carbocycles. The molecule has 6 heteroatoms. The lowest BCUT2D eigenvalue weighted by atomic mass is 10.2. The molecule has 112 valence electrons. The summed E-state index contributed by atoms with van der Waals surface area (Å²) >= 11 is 6.21. The van der Waals surface area contributed by atoms with Crippen LogP contribution in [0.4, 0.5) is 0 Å². The summed E-state index contributed by atoms with van der Waals surface area (Å²) < 4.78 is 1.77. The fourth-order valence-electron chi connectivity index (χ4n) is 2.96. The number of aryl methyl sites for hydroxylation is 1. The molecule has 1 N–H and O–H groups in total. The van der Waals surface area contributed by atoms with E-state index in [9.17, 15) is 4.79 Å². The van der Waals surface area contributed by atoms with E-state index < -0.39 is 0 Å². The third kappa shape index (κ3) is 2.13. The maximum absolute atomic E-state index is 12.7. The third-order valence-corrected chi connectivity index (χ3v) is 4.43. The number of benzene rings is 1. The van der Waals surface area contributed by atoms with Gasteiger partial charge in [-0.25, -0.2) is 9.97 Å². The number of rotatable bonds is 1. The first-order valence-electron chi connectivity index (χ1n) is 7.48. The average Bonchev–Trinajstić information content (AvgIpc) is 2.79. The first-order chi connectivity index (χ1) is 10.7. The van der Waals surface area contributed by atoms with Gasteiger partial charge < -0.3 is 4.98 Å². The molecule has 5 nitrogen and oxygen atoms in total. The largest absolute Gasteiger partial charge is 0.322 e. The molecular weight excluding hydrogens is 300 g/mol. The molecule has 0 fully saturated rings. The first kappa shape index (κ1) is 13.5. The second-order valence-corrected chi connectivity index (χ2v) is 5.97. The van der Waals surface area contributed by atoms with Crippen molar-refractivity contribution in [3.8, 4) is 11.4 Å². The molecule has 22 heavy (non-hydrogen) atoms. The molecule has 0 amide bonds. The van der Waals surface area contributed by atoms with E-state index in [-0.39, 0.29) is 5.56 Å². The Labute approximate surface area is 132 Å². The second kappa shape index (κ2) is 5.25. The van der Waals surface area contributed by atoms with Gasteiger partial charge in [0.2, 0.25) is 0 Å². The predicted molar refractivity (Wildman–Crippen MR) is 86.1 cm³/mol. The maximum Gasteiger partial charge on any atom is 0.281 e. The average molecular weight is 315 g/mol. The third-order valence-electron chi connectivity index (χ3n) is 4.10. The normalized spacial score (nSPS) is 14.8. The number of hydrogen-bond acceptors (Lipinski definition) is 3. The highest BCUT2D eigenvalue weighted by molar-refractivity contribution is 6.33. The molecule has 1 aromatic carbocycles. The number of nitrogens with one attached hydrogen (secondary N) is 1. The highest BCUT2D eigenvalue weighted by atomic mass is 35.5. The lowest BCUT2D eigenvalue weighted by Gasteiger charge is -2.06. The molecule has 1 aliphatic rings. The van der Waals surface area contributed by atoms with Crippen LogP contribution in [-0.4, -0.2) is 19.5 Å². The summed E-state index contributed by atoms with van der Waals surface area (Å²) in [6.45, 7) is 0.728. The number of halogens is 1. The molecule has 1 aliphatic heterocycles. The lowest BCUT2D eigenvalue weighted by molar-refractivity contribution is 0.613. The van der Waals surface area contributed by atoms with E-state index >= 15 is 0 Å². The standard InChI is InChI=1S/C16H15ClN4O/c17-11-7-4-3-6-10(11)14-19-13-15(20-14)18-12-8-2-1-5-9-21(12)16(13)22/h3-4,6-7H,1-2,5,8-9H2,(H,19,20). The van der Waals surface area contributed by atoms with Gasteiger partial charge in [-0.1, -0.05) is 30.2 Å². The number of fused-ring (bicyclic) bond motifs is 2. The van der Waals surface area contributed by atoms with E-state index in [1.165, 1.54) is 0 Å². The van der Waals surface area contributed by atoms with Crippen molar-refractivity contribution in [2.24, 2.45) is 0 Å². The Morgan fingerprint density at radius 1 is 1.14 bits per heavy atom. The molecule has 0 atom stereocenters. The van der Waals surface area contributed by atoms with Gasteiger partial charge in [0.05, 0.1) is 5.02 Å². The minimum Gasteiger partial charge on any atom is -0.322 e. The minimum atomic E-state index is -0.0588. The van der Waals surface area contributed by atoms with Gasteiger partial charge in [-0.15, -0.1) is 0 Å². The second-order valence-electron chi connectivity index (χ2n) is 5.56. The van der Waals surface area contributed by atoms with Gasteiger partial charge in [-0.3, -0.25) is 9.36 Å². The zero-order valence-electron chi connectivity index (χ0n) is 12.0. The predicted octanol–water partition coefficient (Wildman–Crippen LogP) is 3.17. The highest BCUT2D eigenvalue weighted by Gasteiger charge is 2.17. The topological polar surface area (TPSA) is 63.6 Å². The molecule has 0 spiro atoms. The zero-order chi connectivity index (χ0) is 15.1. The van der Waals surface area contributed by atoms with E-state index in [2.05, 4.69) is 15.0 Å². The summed E-state index contributed by atoms with van der Waals surface area (Å²) in [5, 5.41) is 0.600. The molecule has 0 radical (unpaired) electrons. The molecule has 0 saturated heterocycles. The van der Waals surface area contributed by atoms with Crippen molar-refractivity contribution >= 4 is 22.8 Å². The van der Waals surface area contributed by atoms with Crippen molar-refractivity contribution in [3.05, 3.63) is 45.5 Å². The first-order valence-corrected chi connectivity index (χ1v) is 7.86. The maximum atomic E-state index is 12.7. The van der Waals surface area contributed by atoms with Gasteiger partial charge in [0.1, 0.15) is 11.6 Å². The number of imidazole rings is 1. The Bertz CT molecular complexity index is 912. The van der Waals surface area contributed by atoms with Crippen LogP contribution in [0.2, 0.25) is 5.02 Å². The smallest absolute Gasteiger partial charge is 0.281 e. The van der Waals surface area contributed by atoms with E-state index in [0.29, 0.717) is 22.0 Å². The molecule has 0 unspecified atom stereocenters. The van der Waals surface area contributed by atoms with Crippen LogP contribution >= 0.6 is 11.6 Å². The summed E-state index contributed by atoms with van der Waals surface area (Å²) in [6.07, 6.45) is 4.06. The summed E-state index contributed by atoms with van der Waals surface area (Å²) in [7, 11) is 0. The zero-order valence-corrected chi connectivity index (χ0v) is 12.7. The van der Waals surface area contributed by atoms with E-state index in [1.54, 1.807) is 10.6 Å². The van der Waals surface area contributed by atoms with Crippen LogP contribution in [0, 0.1) is 0 Å². The Balaban J connectivity index is 1.94. The van der Waals surface area contributed by atoms with E-state index in [1.807, 2.05) is 18.2 Å². The van der Waals surface area contributed by atoms with Crippen LogP contribution in [0.1, 0.15) is 25.1 Å². The number of aromatic amines is 1. The summed E-state index contributed by atoms with van der Waals surface area (Å²) in [6, 6.07) is 7.44. The summed E-state index contributed by atoms with van der Waals surface area (Å²) in [5.74, 6) is 1.44. The van der Waals surface area contributed by atoms with Crippen LogP contribution in [0.5, 0.6) is 0 Å².